The third kappa shape index (κ3) is 6.75. The van der Waals surface area contributed by atoms with Gasteiger partial charge >= 0.3 is 0 Å². The number of nitrogens with zero attached hydrogens (tertiary/aromatic N) is 1. The third-order valence-electron chi connectivity index (χ3n) is 15.6. The number of morpholine rings is 1. The lowest BCUT2D eigenvalue weighted by Crippen LogP contribution is -2.44. The Morgan fingerprint density at radius 1 is 0.641 bits per heavy atom. The van der Waals surface area contributed by atoms with E-state index in [-0.39, 0.29) is 16.2 Å². The van der Waals surface area contributed by atoms with Crippen LogP contribution in [0.5, 0.6) is 17.2 Å². The van der Waals surface area contributed by atoms with Crippen molar-refractivity contribution in [2.24, 2.45) is 10.8 Å². The van der Waals surface area contributed by atoms with E-state index < -0.39 is 5.60 Å². The molecule has 6 aromatic rings. The van der Waals surface area contributed by atoms with Crippen molar-refractivity contribution >= 4 is 22.5 Å². The molecule has 1 saturated heterocycles. The molecule has 2 aliphatic heterocycles. The molecule has 0 unspecified atom stereocenters. The van der Waals surface area contributed by atoms with Crippen LogP contribution in [-0.2, 0) is 15.8 Å². The molecule has 5 nitrogen and oxygen atoms in total. The Hall–Kier alpha value is -5.52. The number of benzene rings is 6. The number of methoxy groups -OCH3 is 2. The minimum atomic E-state index is -0.918. The van der Waals surface area contributed by atoms with Gasteiger partial charge in [0.05, 0.1) is 27.4 Å². The lowest BCUT2D eigenvalue weighted by molar-refractivity contribution is 0.0642. The summed E-state index contributed by atoms with van der Waals surface area (Å²) in [7, 11) is 3.45. The summed E-state index contributed by atoms with van der Waals surface area (Å²) in [5, 5.41) is 2.50. The molecule has 328 valence electrons. The van der Waals surface area contributed by atoms with Crippen LogP contribution >= 0.6 is 0 Å². The summed E-state index contributed by atoms with van der Waals surface area (Å²) in [5.41, 5.74) is 13.6. The van der Waals surface area contributed by atoms with Gasteiger partial charge in [-0.3, -0.25) is 0 Å². The summed E-state index contributed by atoms with van der Waals surface area (Å²) < 4.78 is 25.1. The van der Waals surface area contributed by atoms with Crippen LogP contribution in [0.15, 0.2) is 115 Å². The molecule has 0 N–H and O–H groups in total. The SMILES string of the molecule is COc1ccc(C2(c3ccc(OC)cc3)C=Cc3c4c(c5cc(C6CCCCC6)c(-c6ccc(N7CCOCC7)cc6)cc5c3O2)-c2ccccc2C42CC(C)(C)CC(C)(C)C2)cc1. The highest BCUT2D eigenvalue weighted by Crippen LogP contribution is 2.67. The zero-order valence-electron chi connectivity index (χ0n) is 38.7. The summed E-state index contributed by atoms with van der Waals surface area (Å²) in [4.78, 5) is 2.45. The second kappa shape index (κ2) is 15.6. The standard InChI is InChI=1S/C59H63NO4/c1-56(2)36-57(3,4)38-58(37-56)52-15-11-10-14-46(52)53-50-34-48(39-12-8-7-9-13-39)49(40-16-22-43(23-17-40)60-30-32-63-33-31-60)35-51(50)55-47(54(53)58)28-29-59(64-55,41-18-24-44(61-5)25-19-41)42-20-26-45(62-6)27-21-42/h10-11,14-29,34-35,39H,7-9,12-13,30-33,36-38H2,1-6H3. The first-order valence-corrected chi connectivity index (χ1v) is 23.9. The molecular weight excluding hydrogens is 787 g/mol. The van der Waals surface area contributed by atoms with E-state index in [1.807, 2.05) is 0 Å². The normalized spacial score (nSPS) is 20.3. The highest BCUT2D eigenvalue weighted by molar-refractivity contribution is 6.10. The molecule has 2 saturated carbocycles. The van der Waals surface area contributed by atoms with Gasteiger partial charge in [-0.05, 0) is 148 Å². The molecule has 0 bridgehead atoms. The highest BCUT2D eigenvalue weighted by Gasteiger charge is 2.55. The number of anilines is 1. The average Bonchev–Trinajstić information content (AvgIpc) is 3.58. The van der Waals surface area contributed by atoms with E-state index in [2.05, 4.69) is 154 Å². The maximum atomic E-state index is 8.00. The third-order valence-corrected chi connectivity index (χ3v) is 15.6. The summed E-state index contributed by atoms with van der Waals surface area (Å²) in [5.74, 6) is 3.10. The van der Waals surface area contributed by atoms with Crippen molar-refractivity contribution in [2.45, 2.75) is 96.0 Å². The molecule has 3 aliphatic carbocycles. The topological polar surface area (TPSA) is 40.2 Å². The van der Waals surface area contributed by atoms with Gasteiger partial charge in [-0.15, -0.1) is 0 Å². The first-order chi connectivity index (χ1) is 31.0. The lowest BCUT2D eigenvalue weighted by Gasteiger charge is -2.52. The zero-order valence-corrected chi connectivity index (χ0v) is 38.7. The molecule has 0 radical (unpaired) electrons. The fraction of sp³-hybridized carbons (Fsp3) is 0.390. The summed E-state index contributed by atoms with van der Waals surface area (Å²) in [6, 6.07) is 40.9. The largest absolute Gasteiger partial charge is 0.497 e. The number of ether oxygens (including phenoxy) is 4. The first kappa shape index (κ1) is 41.2. The number of rotatable bonds is 7. The molecule has 3 fully saturated rings. The monoisotopic (exact) mass is 849 g/mol. The summed E-state index contributed by atoms with van der Waals surface area (Å²) >= 11 is 0. The summed E-state index contributed by atoms with van der Waals surface area (Å²) in [6.45, 7) is 13.4. The first-order valence-electron chi connectivity index (χ1n) is 23.9. The van der Waals surface area contributed by atoms with Crippen LogP contribution in [-0.4, -0.2) is 40.5 Å². The molecule has 0 atom stereocenters. The second-order valence-electron chi connectivity index (χ2n) is 21.1. The van der Waals surface area contributed by atoms with Gasteiger partial charge in [0.2, 0.25) is 0 Å². The Bertz CT molecular complexity index is 2690. The fourth-order valence-electron chi connectivity index (χ4n) is 13.5. The van der Waals surface area contributed by atoms with Crippen molar-refractivity contribution in [1.29, 1.82) is 0 Å². The van der Waals surface area contributed by atoms with Gasteiger partial charge in [-0.25, -0.2) is 0 Å². The molecular formula is C59H63NO4. The zero-order chi connectivity index (χ0) is 43.8. The summed E-state index contributed by atoms with van der Waals surface area (Å²) in [6.07, 6.45) is 14.5. The van der Waals surface area contributed by atoms with E-state index in [1.54, 1.807) is 14.2 Å². The van der Waals surface area contributed by atoms with Crippen LogP contribution < -0.4 is 19.1 Å². The van der Waals surface area contributed by atoms with E-state index in [1.165, 1.54) is 99.5 Å². The van der Waals surface area contributed by atoms with Crippen LogP contribution in [0.1, 0.15) is 118 Å². The number of hydrogen-bond donors (Lipinski definition) is 0. The van der Waals surface area contributed by atoms with E-state index in [0.717, 1.165) is 67.5 Å². The van der Waals surface area contributed by atoms with Crippen LogP contribution in [0.25, 0.3) is 39.1 Å². The van der Waals surface area contributed by atoms with Crippen LogP contribution in [0.2, 0.25) is 0 Å². The minimum absolute atomic E-state index is 0.137. The van der Waals surface area contributed by atoms with Crippen molar-refractivity contribution in [2.75, 3.05) is 45.4 Å². The van der Waals surface area contributed by atoms with Crippen LogP contribution in [0, 0.1) is 10.8 Å². The fourth-order valence-corrected chi connectivity index (χ4v) is 13.5. The van der Waals surface area contributed by atoms with Gasteiger partial charge in [0, 0.05) is 46.3 Å². The smallest absolute Gasteiger partial charge is 0.178 e. The van der Waals surface area contributed by atoms with E-state index in [9.17, 15) is 0 Å². The van der Waals surface area contributed by atoms with Crippen LogP contribution in [0.3, 0.4) is 0 Å². The molecule has 64 heavy (non-hydrogen) atoms. The molecule has 5 heteroatoms. The predicted molar refractivity (Wildman–Crippen MR) is 262 cm³/mol. The van der Waals surface area contributed by atoms with E-state index in [0.29, 0.717) is 5.92 Å². The van der Waals surface area contributed by atoms with Crippen molar-refractivity contribution < 1.29 is 18.9 Å². The Labute approximate surface area is 380 Å². The predicted octanol–water partition coefficient (Wildman–Crippen LogP) is 14.3. The van der Waals surface area contributed by atoms with E-state index >= 15 is 0 Å². The van der Waals surface area contributed by atoms with Gasteiger partial charge in [-0.2, -0.15) is 0 Å². The van der Waals surface area contributed by atoms with Crippen molar-refractivity contribution in [3.63, 3.8) is 0 Å². The van der Waals surface area contributed by atoms with E-state index in [4.69, 9.17) is 18.9 Å². The molecule has 11 rings (SSSR count). The number of hydrogen-bond acceptors (Lipinski definition) is 5. The van der Waals surface area contributed by atoms with Gasteiger partial charge in [0.1, 0.15) is 17.2 Å². The van der Waals surface area contributed by atoms with Crippen molar-refractivity contribution in [3.05, 3.63) is 149 Å². The molecule has 1 spiro atoms. The number of fused-ring (bicyclic) bond motifs is 10. The lowest BCUT2D eigenvalue weighted by atomic mass is 9.52. The van der Waals surface area contributed by atoms with Gasteiger partial charge < -0.3 is 23.8 Å². The van der Waals surface area contributed by atoms with Crippen molar-refractivity contribution in [3.8, 4) is 39.5 Å². The minimum Gasteiger partial charge on any atom is -0.497 e. The van der Waals surface area contributed by atoms with Crippen LogP contribution in [0.4, 0.5) is 5.69 Å². The molecule has 5 aliphatic rings. The molecule has 0 amide bonds. The second-order valence-corrected chi connectivity index (χ2v) is 21.1. The maximum Gasteiger partial charge on any atom is 0.178 e. The Balaban J connectivity index is 1.22. The van der Waals surface area contributed by atoms with Gasteiger partial charge in [0.15, 0.2) is 5.60 Å². The maximum absolute atomic E-state index is 8.00. The Morgan fingerprint density at radius 3 is 1.89 bits per heavy atom. The molecule has 6 aromatic carbocycles. The highest BCUT2D eigenvalue weighted by atomic mass is 16.5. The Kier molecular flexibility index (Phi) is 10.0. The van der Waals surface area contributed by atoms with Gasteiger partial charge in [0.25, 0.3) is 0 Å². The van der Waals surface area contributed by atoms with Gasteiger partial charge in [-0.1, -0.05) is 114 Å². The average molecular weight is 850 g/mol. The quantitative estimate of drug-likeness (QED) is 0.160. The van der Waals surface area contributed by atoms with Crippen molar-refractivity contribution in [1.82, 2.24) is 0 Å². The molecule has 2 heterocycles. The Morgan fingerprint density at radius 2 is 1.27 bits per heavy atom. The molecule has 0 aromatic heterocycles.